The molecule has 18 heavy (non-hydrogen) atoms. The lowest BCUT2D eigenvalue weighted by Gasteiger charge is -2.28. The average Bonchev–Trinajstić information content (AvgIpc) is 2.38. The molecule has 1 fully saturated rings. The molecule has 0 saturated carbocycles. The van der Waals surface area contributed by atoms with E-state index in [1.165, 1.54) is 12.1 Å². The lowest BCUT2D eigenvalue weighted by Crippen LogP contribution is -2.34. The maximum atomic E-state index is 13.6. The second-order valence-electron chi connectivity index (χ2n) is 4.53. The highest BCUT2D eigenvalue weighted by molar-refractivity contribution is 5.92. The molecule has 3 rings (SSSR count). The van der Waals surface area contributed by atoms with E-state index in [1.807, 2.05) is 11.0 Å². The molecule has 0 bridgehead atoms. The monoisotopic (exact) mass is 244 g/mol. The summed E-state index contributed by atoms with van der Waals surface area (Å²) in [6.45, 7) is 1.29. The van der Waals surface area contributed by atoms with Gasteiger partial charge in [-0.25, -0.2) is 4.39 Å². The minimum Gasteiger partial charge on any atom is -0.369 e. The lowest BCUT2D eigenvalue weighted by atomic mass is 10.1. The highest BCUT2D eigenvalue weighted by Gasteiger charge is 2.19. The molecule has 1 aliphatic rings. The number of Topliss-reactive ketones (excluding diaryl/α,β-unsaturated/α-hetero) is 1. The van der Waals surface area contributed by atoms with Gasteiger partial charge < -0.3 is 4.90 Å². The largest absolute Gasteiger partial charge is 0.369 e. The quantitative estimate of drug-likeness (QED) is 0.773. The summed E-state index contributed by atoms with van der Waals surface area (Å²) in [5.41, 5.74) is 1.59. The maximum absolute atomic E-state index is 13.6. The summed E-state index contributed by atoms with van der Waals surface area (Å²) in [4.78, 5) is 17.6. The molecule has 2 heterocycles. The van der Waals surface area contributed by atoms with Crippen LogP contribution in [0.2, 0.25) is 0 Å². The molecule has 0 radical (unpaired) electrons. The van der Waals surface area contributed by atoms with E-state index in [-0.39, 0.29) is 11.6 Å². The Bertz CT molecular complexity index is 602. The Morgan fingerprint density at radius 2 is 2.00 bits per heavy atom. The van der Waals surface area contributed by atoms with Crippen LogP contribution in [-0.2, 0) is 4.79 Å². The van der Waals surface area contributed by atoms with Crippen LogP contribution in [-0.4, -0.2) is 23.9 Å². The molecule has 0 unspecified atom stereocenters. The first kappa shape index (κ1) is 11.1. The van der Waals surface area contributed by atoms with Gasteiger partial charge in [-0.05, 0) is 18.2 Å². The number of halogens is 1. The molecule has 0 N–H and O–H groups in total. The fourth-order valence-electron chi connectivity index (χ4n) is 2.38. The summed E-state index contributed by atoms with van der Waals surface area (Å²) < 4.78 is 13.6. The Hall–Kier alpha value is -1.97. The van der Waals surface area contributed by atoms with Crippen molar-refractivity contribution in [2.75, 3.05) is 18.0 Å². The molecule has 0 aliphatic carbocycles. The third kappa shape index (κ3) is 1.94. The van der Waals surface area contributed by atoms with Gasteiger partial charge in [0, 0.05) is 37.5 Å². The van der Waals surface area contributed by atoms with E-state index < -0.39 is 0 Å². The first-order chi connectivity index (χ1) is 8.74. The van der Waals surface area contributed by atoms with Crippen LogP contribution in [0, 0.1) is 5.82 Å². The summed E-state index contributed by atoms with van der Waals surface area (Å²) in [7, 11) is 0. The summed E-state index contributed by atoms with van der Waals surface area (Å²) in [6.07, 6.45) is 2.77. The van der Waals surface area contributed by atoms with Crippen LogP contribution in [0.1, 0.15) is 12.8 Å². The van der Waals surface area contributed by atoms with Gasteiger partial charge in [0.1, 0.15) is 11.6 Å². The third-order valence-electron chi connectivity index (χ3n) is 3.31. The fraction of sp³-hybridized carbons (Fsp3) is 0.286. The van der Waals surface area contributed by atoms with Gasteiger partial charge in [-0.1, -0.05) is 6.07 Å². The van der Waals surface area contributed by atoms with E-state index in [1.54, 1.807) is 12.3 Å². The molecule has 1 aliphatic heterocycles. The van der Waals surface area contributed by atoms with Crippen LogP contribution in [0.5, 0.6) is 0 Å². The van der Waals surface area contributed by atoms with E-state index in [2.05, 4.69) is 4.98 Å². The van der Waals surface area contributed by atoms with Gasteiger partial charge in [-0.2, -0.15) is 0 Å². The van der Waals surface area contributed by atoms with Crippen LogP contribution in [0.15, 0.2) is 30.5 Å². The van der Waals surface area contributed by atoms with Crippen molar-refractivity contribution in [2.45, 2.75) is 12.8 Å². The van der Waals surface area contributed by atoms with Crippen LogP contribution < -0.4 is 4.90 Å². The van der Waals surface area contributed by atoms with E-state index in [0.717, 1.165) is 16.6 Å². The molecule has 1 saturated heterocycles. The van der Waals surface area contributed by atoms with Gasteiger partial charge in [0.15, 0.2) is 0 Å². The SMILES string of the molecule is O=C1CCN(c2cc(F)cc3cccnc23)CC1. The zero-order valence-corrected chi connectivity index (χ0v) is 9.90. The lowest BCUT2D eigenvalue weighted by molar-refractivity contribution is -0.119. The minimum atomic E-state index is -0.262. The van der Waals surface area contributed by atoms with E-state index in [4.69, 9.17) is 0 Å². The number of fused-ring (bicyclic) bond motifs is 1. The molecule has 0 amide bonds. The van der Waals surface area contributed by atoms with Gasteiger partial charge in [0.25, 0.3) is 0 Å². The summed E-state index contributed by atoms with van der Waals surface area (Å²) in [5.74, 6) is 0.0160. The van der Waals surface area contributed by atoms with Crippen molar-refractivity contribution in [1.29, 1.82) is 0 Å². The van der Waals surface area contributed by atoms with Gasteiger partial charge >= 0.3 is 0 Å². The molecular formula is C14H13FN2O. The number of rotatable bonds is 1. The first-order valence-corrected chi connectivity index (χ1v) is 6.05. The molecular weight excluding hydrogens is 231 g/mol. The third-order valence-corrected chi connectivity index (χ3v) is 3.31. The van der Waals surface area contributed by atoms with Gasteiger partial charge in [0.2, 0.25) is 0 Å². The molecule has 1 aromatic heterocycles. The zero-order chi connectivity index (χ0) is 12.5. The van der Waals surface area contributed by atoms with Gasteiger partial charge in [0.05, 0.1) is 11.2 Å². The highest BCUT2D eigenvalue weighted by Crippen LogP contribution is 2.28. The maximum Gasteiger partial charge on any atom is 0.136 e. The minimum absolute atomic E-state index is 0.262. The standard InChI is InChI=1S/C14H13FN2O/c15-11-8-10-2-1-5-16-14(10)13(9-11)17-6-3-12(18)4-7-17/h1-2,5,8-9H,3-4,6-7H2. The van der Waals surface area contributed by atoms with E-state index in [9.17, 15) is 9.18 Å². The van der Waals surface area contributed by atoms with Crippen molar-refractivity contribution >= 4 is 22.4 Å². The number of ketones is 1. The number of nitrogens with zero attached hydrogens (tertiary/aromatic N) is 2. The molecule has 1 aromatic carbocycles. The van der Waals surface area contributed by atoms with E-state index >= 15 is 0 Å². The number of hydrogen-bond donors (Lipinski definition) is 0. The predicted molar refractivity (Wildman–Crippen MR) is 68.2 cm³/mol. The van der Waals surface area contributed by atoms with Crippen molar-refractivity contribution in [3.05, 3.63) is 36.3 Å². The number of pyridine rings is 1. The summed E-state index contributed by atoms with van der Waals surface area (Å²) in [6, 6.07) is 6.64. The first-order valence-electron chi connectivity index (χ1n) is 6.05. The van der Waals surface area contributed by atoms with Crippen LogP contribution in [0.4, 0.5) is 10.1 Å². The van der Waals surface area contributed by atoms with Crippen molar-refractivity contribution in [3.8, 4) is 0 Å². The molecule has 92 valence electrons. The van der Waals surface area contributed by atoms with Crippen LogP contribution in [0.25, 0.3) is 10.9 Å². The van der Waals surface area contributed by atoms with Crippen LogP contribution >= 0.6 is 0 Å². The zero-order valence-electron chi connectivity index (χ0n) is 9.90. The number of carbonyl (C=O) groups excluding carboxylic acids is 1. The topological polar surface area (TPSA) is 33.2 Å². The molecule has 2 aromatic rings. The van der Waals surface area contributed by atoms with E-state index in [0.29, 0.717) is 25.9 Å². The molecule has 3 nitrogen and oxygen atoms in total. The number of piperidine rings is 1. The Labute approximate surface area is 104 Å². The van der Waals surface area contributed by atoms with Crippen molar-refractivity contribution < 1.29 is 9.18 Å². The molecule has 0 atom stereocenters. The smallest absolute Gasteiger partial charge is 0.136 e. The fourth-order valence-corrected chi connectivity index (χ4v) is 2.38. The van der Waals surface area contributed by atoms with Crippen LogP contribution in [0.3, 0.4) is 0 Å². The summed E-state index contributed by atoms with van der Waals surface area (Å²) in [5, 5.41) is 0.796. The van der Waals surface area contributed by atoms with Gasteiger partial charge in [-0.15, -0.1) is 0 Å². The Kier molecular flexibility index (Phi) is 2.70. The number of hydrogen-bond acceptors (Lipinski definition) is 3. The molecule has 0 spiro atoms. The number of aromatic nitrogens is 1. The average molecular weight is 244 g/mol. The Morgan fingerprint density at radius 3 is 2.78 bits per heavy atom. The number of carbonyl (C=O) groups is 1. The summed E-state index contributed by atoms with van der Waals surface area (Å²) >= 11 is 0. The normalized spacial score (nSPS) is 16.3. The molecule has 4 heteroatoms. The second kappa shape index (κ2) is 4.37. The predicted octanol–water partition coefficient (Wildman–Crippen LogP) is 2.54. The Balaban J connectivity index is 2.07. The van der Waals surface area contributed by atoms with Crippen molar-refractivity contribution in [1.82, 2.24) is 4.98 Å². The second-order valence-corrected chi connectivity index (χ2v) is 4.53. The highest BCUT2D eigenvalue weighted by atomic mass is 19.1. The van der Waals surface area contributed by atoms with Crippen molar-refractivity contribution in [3.63, 3.8) is 0 Å². The van der Waals surface area contributed by atoms with Crippen molar-refractivity contribution in [2.24, 2.45) is 0 Å². The Morgan fingerprint density at radius 1 is 1.22 bits per heavy atom. The number of anilines is 1. The number of benzene rings is 1. The van der Waals surface area contributed by atoms with Gasteiger partial charge in [-0.3, -0.25) is 9.78 Å².